The highest BCUT2D eigenvalue weighted by atomic mass is 16.5. The number of ether oxygens (including phenoxy) is 1. The zero-order chi connectivity index (χ0) is 12.4. The van der Waals surface area contributed by atoms with Gasteiger partial charge in [0, 0.05) is 36.7 Å². The second kappa shape index (κ2) is 4.78. The van der Waals surface area contributed by atoms with Crippen molar-refractivity contribution in [3.8, 4) is 11.1 Å². The highest BCUT2D eigenvalue weighted by molar-refractivity contribution is 5.61. The fraction of sp³-hybridized carbons (Fsp3) is 0.385. The maximum Gasteiger partial charge on any atom is 0.123 e. The van der Waals surface area contributed by atoms with Gasteiger partial charge in [-0.2, -0.15) is 5.10 Å². The van der Waals surface area contributed by atoms with Gasteiger partial charge in [-0.3, -0.25) is 4.68 Å². The summed E-state index contributed by atoms with van der Waals surface area (Å²) in [5, 5.41) is 4.44. The summed E-state index contributed by atoms with van der Waals surface area (Å²) in [4.78, 5) is 4.10. The smallest absolute Gasteiger partial charge is 0.123 e. The second-order valence-electron chi connectivity index (χ2n) is 4.52. The zero-order valence-electron chi connectivity index (χ0n) is 10.1. The van der Waals surface area contributed by atoms with E-state index in [0.717, 1.165) is 37.2 Å². The molecule has 1 aliphatic heterocycles. The third-order valence-electron chi connectivity index (χ3n) is 3.29. The van der Waals surface area contributed by atoms with Gasteiger partial charge < -0.3 is 10.5 Å². The quantitative estimate of drug-likeness (QED) is 0.876. The third kappa shape index (κ3) is 2.22. The molecule has 2 aromatic rings. The van der Waals surface area contributed by atoms with Gasteiger partial charge in [-0.25, -0.2) is 4.98 Å². The van der Waals surface area contributed by atoms with Crippen LogP contribution in [0.2, 0.25) is 0 Å². The summed E-state index contributed by atoms with van der Waals surface area (Å²) >= 11 is 0. The lowest BCUT2D eigenvalue weighted by Crippen LogP contribution is -2.19. The predicted octanol–water partition coefficient (Wildman–Crippen LogP) is 1.88. The normalized spacial score (nSPS) is 16.9. The van der Waals surface area contributed by atoms with E-state index in [4.69, 9.17) is 10.5 Å². The predicted molar refractivity (Wildman–Crippen MR) is 69.0 cm³/mol. The third-order valence-corrected chi connectivity index (χ3v) is 3.29. The molecule has 0 saturated carbocycles. The largest absolute Gasteiger partial charge is 0.384 e. The summed E-state index contributed by atoms with van der Waals surface area (Å²) in [6.45, 7) is 1.65. The van der Waals surface area contributed by atoms with Crippen LogP contribution in [0.1, 0.15) is 18.9 Å². The molecule has 1 fully saturated rings. The van der Waals surface area contributed by atoms with Crippen molar-refractivity contribution in [1.29, 1.82) is 0 Å². The van der Waals surface area contributed by atoms with Crippen molar-refractivity contribution in [1.82, 2.24) is 14.8 Å². The van der Waals surface area contributed by atoms with Gasteiger partial charge in [0.1, 0.15) is 5.82 Å². The van der Waals surface area contributed by atoms with E-state index >= 15 is 0 Å². The van der Waals surface area contributed by atoms with Gasteiger partial charge in [-0.05, 0) is 25.0 Å². The maximum absolute atomic E-state index is 5.58. The molecule has 3 heterocycles. The van der Waals surface area contributed by atoms with Gasteiger partial charge in [0.05, 0.1) is 12.2 Å². The minimum atomic E-state index is 0.453. The molecule has 0 bridgehead atoms. The van der Waals surface area contributed by atoms with E-state index in [-0.39, 0.29) is 0 Å². The molecule has 0 atom stereocenters. The first-order chi connectivity index (χ1) is 8.83. The monoisotopic (exact) mass is 244 g/mol. The molecule has 1 saturated heterocycles. The molecule has 3 rings (SSSR count). The van der Waals surface area contributed by atoms with Gasteiger partial charge in [-0.15, -0.1) is 0 Å². The average molecular weight is 244 g/mol. The van der Waals surface area contributed by atoms with E-state index in [1.54, 1.807) is 12.3 Å². The van der Waals surface area contributed by atoms with Crippen LogP contribution in [0.5, 0.6) is 0 Å². The SMILES string of the molecule is Nc1ccc(-c2cnn(C3CCOCC3)c2)cn1. The number of nitrogens with zero attached hydrogens (tertiary/aromatic N) is 3. The van der Waals surface area contributed by atoms with Crippen LogP contribution in [0.3, 0.4) is 0 Å². The average Bonchev–Trinajstić information content (AvgIpc) is 2.90. The van der Waals surface area contributed by atoms with Crippen LogP contribution < -0.4 is 5.73 Å². The molecule has 18 heavy (non-hydrogen) atoms. The number of nitrogen functional groups attached to an aromatic ring is 1. The lowest BCUT2D eigenvalue weighted by atomic mass is 10.1. The minimum absolute atomic E-state index is 0.453. The summed E-state index contributed by atoms with van der Waals surface area (Å²) in [7, 11) is 0. The number of pyridine rings is 1. The van der Waals surface area contributed by atoms with Crippen molar-refractivity contribution in [2.24, 2.45) is 0 Å². The van der Waals surface area contributed by atoms with Crippen LogP contribution in [0.25, 0.3) is 11.1 Å². The Kier molecular flexibility index (Phi) is 2.98. The van der Waals surface area contributed by atoms with Crippen LogP contribution in [0.15, 0.2) is 30.7 Å². The Bertz CT molecular complexity index is 514. The standard InChI is InChI=1S/C13H16N4O/c14-13-2-1-10(7-15-13)11-8-16-17(9-11)12-3-5-18-6-4-12/h1-2,7-9,12H,3-6H2,(H2,14,15). The van der Waals surface area contributed by atoms with Crippen molar-refractivity contribution >= 4 is 5.82 Å². The molecule has 1 aliphatic rings. The summed E-state index contributed by atoms with van der Waals surface area (Å²) in [5.74, 6) is 0.538. The topological polar surface area (TPSA) is 66.0 Å². The summed E-state index contributed by atoms with van der Waals surface area (Å²) in [6, 6.07) is 4.23. The molecule has 0 radical (unpaired) electrons. The van der Waals surface area contributed by atoms with E-state index in [0.29, 0.717) is 11.9 Å². The number of rotatable bonds is 2. The van der Waals surface area contributed by atoms with Crippen molar-refractivity contribution in [3.05, 3.63) is 30.7 Å². The van der Waals surface area contributed by atoms with Crippen LogP contribution in [-0.2, 0) is 4.74 Å². The van der Waals surface area contributed by atoms with Crippen molar-refractivity contribution in [2.45, 2.75) is 18.9 Å². The Morgan fingerprint density at radius 2 is 2.00 bits per heavy atom. The lowest BCUT2D eigenvalue weighted by molar-refractivity contribution is 0.0662. The molecular weight excluding hydrogens is 228 g/mol. The number of nitrogens with two attached hydrogens (primary N) is 1. The fourth-order valence-electron chi connectivity index (χ4n) is 2.21. The molecule has 0 amide bonds. The van der Waals surface area contributed by atoms with Gasteiger partial charge in [0.25, 0.3) is 0 Å². The van der Waals surface area contributed by atoms with Gasteiger partial charge in [-0.1, -0.05) is 0 Å². The molecule has 94 valence electrons. The first-order valence-corrected chi connectivity index (χ1v) is 6.17. The van der Waals surface area contributed by atoms with E-state index in [1.807, 2.05) is 16.9 Å². The summed E-state index contributed by atoms with van der Waals surface area (Å²) in [6.07, 6.45) is 7.79. The van der Waals surface area contributed by atoms with Crippen LogP contribution in [0, 0.1) is 0 Å². The molecule has 0 aliphatic carbocycles. The van der Waals surface area contributed by atoms with Crippen molar-refractivity contribution < 1.29 is 4.74 Å². The maximum atomic E-state index is 5.58. The Balaban J connectivity index is 1.82. The van der Waals surface area contributed by atoms with E-state index < -0.39 is 0 Å². The van der Waals surface area contributed by atoms with Gasteiger partial charge >= 0.3 is 0 Å². The summed E-state index contributed by atoms with van der Waals surface area (Å²) < 4.78 is 7.40. The first-order valence-electron chi connectivity index (χ1n) is 6.17. The molecule has 0 unspecified atom stereocenters. The Morgan fingerprint density at radius 3 is 2.72 bits per heavy atom. The molecular formula is C13H16N4O. The minimum Gasteiger partial charge on any atom is -0.384 e. The van der Waals surface area contributed by atoms with Crippen LogP contribution in [-0.4, -0.2) is 28.0 Å². The van der Waals surface area contributed by atoms with Crippen molar-refractivity contribution in [3.63, 3.8) is 0 Å². The molecule has 0 spiro atoms. The number of aromatic nitrogens is 3. The number of hydrogen-bond donors (Lipinski definition) is 1. The van der Waals surface area contributed by atoms with E-state index in [2.05, 4.69) is 16.3 Å². The Hall–Kier alpha value is -1.88. The molecule has 5 nitrogen and oxygen atoms in total. The zero-order valence-corrected chi connectivity index (χ0v) is 10.1. The van der Waals surface area contributed by atoms with E-state index in [1.165, 1.54) is 0 Å². The molecule has 2 N–H and O–H groups in total. The highest BCUT2D eigenvalue weighted by Crippen LogP contribution is 2.24. The Morgan fingerprint density at radius 1 is 1.17 bits per heavy atom. The first kappa shape index (κ1) is 11.2. The van der Waals surface area contributed by atoms with Gasteiger partial charge in [0.15, 0.2) is 0 Å². The van der Waals surface area contributed by atoms with Crippen LogP contribution >= 0.6 is 0 Å². The van der Waals surface area contributed by atoms with Crippen LogP contribution in [0.4, 0.5) is 5.82 Å². The van der Waals surface area contributed by atoms with Crippen molar-refractivity contribution in [2.75, 3.05) is 18.9 Å². The van der Waals surface area contributed by atoms with E-state index in [9.17, 15) is 0 Å². The molecule has 2 aromatic heterocycles. The highest BCUT2D eigenvalue weighted by Gasteiger charge is 2.16. The Labute approximate surface area is 106 Å². The lowest BCUT2D eigenvalue weighted by Gasteiger charge is -2.22. The fourth-order valence-corrected chi connectivity index (χ4v) is 2.21. The molecule has 0 aromatic carbocycles. The van der Waals surface area contributed by atoms with Gasteiger partial charge in [0.2, 0.25) is 0 Å². The molecule has 5 heteroatoms. The summed E-state index contributed by atoms with van der Waals surface area (Å²) in [5.41, 5.74) is 7.70. The second-order valence-corrected chi connectivity index (χ2v) is 4.52. The number of anilines is 1. The number of hydrogen-bond acceptors (Lipinski definition) is 4.